The fraction of sp³-hybridized carbons (Fsp3) is 0. The molecule has 0 aromatic carbocycles. The third kappa shape index (κ3) is 13600. The fourth-order valence-electron chi connectivity index (χ4n) is 0. The summed E-state index contributed by atoms with van der Waals surface area (Å²) >= 11 is 0. The summed E-state index contributed by atoms with van der Waals surface area (Å²) in [5.41, 5.74) is 0. The van der Waals surface area contributed by atoms with E-state index in [2.05, 4.69) is 0 Å². The molecule has 30 N–H and O–H groups in total. The van der Waals surface area contributed by atoms with E-state index in [-0.39, 0.29) is 110 Å². The monoisotopic (exact) mass is 652 g/mol. The summed E-state index contributed by atoms with van der Waals surface area (Å²) in [5, 5.41) is 174. The van der Waals surface area contributed by atoms with Crippen LogP contribution in [0.1, 0.15) is 0 Å². The maximum Gasteiger partial charge on any atom is 2.00 e. The molecule has 0 rings (SSSR count). The summed E-state index contributed by atoms with van der Waals surface area (Å²) in [6.45, 7) is 0. The maximum atomic E-state index is 8.53. The zero-order valence-corrected chi connectivity index (χ0v) is 25.8. The van der Waals surface area contributed by atoms with Crippen molar-refractivity contribution in [3.8, 4) is 0 Å². The Bertz CT molecular complexity index is 156. The molecule has 0 aromatic heterocycles. The van der Waals surface area contributed by atoms with Crippen molar-refractivity contribution in [1.29, 1.82) is 0 Å². The standard InChI is InChI=1S/7BH3O3.BHO3.Mg.2Na.4H2O.O/c8*2-1(3)4;;;;;;;;/h7*2-4H;2H;;;;4*1H2;/q;;;;;;;-2;+2;2*+1;;;;;-2. The molecule has 0 atom stereocenters. The van der Waals surface area contributed by atoms with Crippen molar-refractivity contribution in [2.24, 2.45) is 0 Å². The van der Waals surface area contributed by atoms with Gasteiger partial charge in [0.2, 0.25) is 0 Å². The normalized spacial score (nSPS) is 5.40. The molecule has 0 saturated carbocycles. The van der Waals surface area contributed by atoms with Crippen molar-refractivity contribution in [2.45, 2.75) is 0 Å². The van der Waals surface area contributed by atoms with E-state index >= 15 is 0 Å². The third-order valence-electron chi connectivity index (χ3n) is 0. The molecule has 40 heteroatoms. The van der Waals surface area contributed by atoms with Crippen LogP contribution in [0.5, 0.6) is 0 Å². The van der Waals surface area contributed by atoms with Gasteiger partial charge in [-0.15, -0.1) is 0 Å². The van der Waals surface area contributed by atoms with Crippen LogP contribution in [0.15, 0.2) is 0 Å². The predicted octanol–water partition coefficient (Wildman–Crippen LogP) is -27.5. The predicted molar refractivity (Wildman–Crippen MR) is 116 cm³/mol. The topological polar surface area (TPSA) is 646 Å². The Hall–Kier alpha value is 2.13. The van der Waals surface area contributed by atoms with Crippen LogP contribution >= 0.6 is 0 Å². The molecular weight excluding hydrogens is 621 g/mol. The Morgan fingerprint density at radius 1 is 0.275 bits per heavy atom. The van der Waals surface area contributed by atoms with Crippen molar-refractivity contribution >= 4 is 81.6 Å². The van der Waals surface area contributed by atoms with Crippen molar-refractivity contribution in [1.82, 2.24) is 0 Å². The Balaban J connectivity index is -0.0000000114. The van der Waals surface area contributed by atoms with Gasteiger partial charge >= 0.3 is 133 Å². The number of hydrogen-bond acceptors (Lipinski definition) is 24. The summed E-state index contributed by atoms with van der Waals surface area (Å²) in [5.74, 6) is 0. The summed E-state index contributed by atoms with van der Waals surface area (Å²) < 4.78 is 0. The van der Waals surface area contributed by atoms with Crippen LogP contribution in [-0.2, 0) is 5.48 Å². The van der Waals surface area contributed by atoms with E-state index in [4.69, 9.17) is 121 Å². The molecule has 0 radical (unpaired) electrons. The molecule has 0 aromatic rings. The van der Waals surface area contributed by atoms with Crippen LogP contribution < -0.4 is 69.2 Å². The van der Waals surface area contributed by atoms with Gasteiger partial charge in [-0.3, -0.25) is 0 Å². The molecule has 0 amide bonds. The second-order valence-electron chi connectivity index (χ2n) is 2.73. The van der Waals surface area contributed by atoms with Gasteiger partial charge in [0.15, 0.2) is 0 Å². The van der Waals surface area contributed by atoms with Crippen molar-refractivity contribution in [3.05, 3.63) is 0 Å². The molecule has 40 heavy (non-hydrogen) atoms. The van der Waals surface area contributed by atoms with Crippen molar-refractivity contribution in [3.63, 3.8) is 0 Å². The van der Waals surface area contributed by atoms with Gasteiger partial charge in [-0.1, -0.05) is 0 Å². The van der Waals surface area contributed by atoms with Crippen LogP contribution in [0.4, 0.5) is 0 Å². The summed E-state index contributed by atoms with van der Waals surface area (Å²) in [7, 11) is -17.8. The molecule has 0 aliphatic heterocycles. The Labute approximate surface area is 286 Å². The van der Waals surface area contributed by atoms with Crippen molar-refractivity contribution in [2.75, 3.05) is 0 Å². The van der Waals surface area contributed by atoms with Gasteiger partial charge in [0, 0.05) is 0 Å². The Morgan fingerprint density at radius 2 is 0.275 bits per heavy atom. The van der Waals surface area contributed by atoms with E-state index in [0.717, 1.165) is 0 Å². The first-order valence-corrected chi connectivity index (χ1v) is 6.15. The zero-order valence-electron chi connectivity index (χ0n) is 20.4. The summed E-state index contributed by atoms with van der Waals surface area (Å²) in [6.07, 6.45) is 0. The van der Waals surface area contributed by atoms with E-state index < -0.39 is 58.6 Å². The maximum absolute atomic E-state index is 8.53. The van der Waals surface area contributed by atoms with Gasteiger partial charge in [-0.25, -0.2) is 0 Å². The Morgan fingerprint density at radius 3 is 0.275 bits per heavy atom. The molecule has 0 fully saturated rings. The van der Waals surface area contributed by atoms with Crippen molar-refractivity contribution < 1.29 is 207 Å². The minimum Gasteiger partial charge on any atom is -2.00 e. The minimum absolute atomic E-state index is 0. The van der Waals surface area contributed by atoms with E-state index in [1.807, 2.05) is 0 Å². The molecule has 0 aliphatic carbocycles. The van der Waals surface area contributed by atoms with E-state index in [1.165, 1.54) is 0 Å². The Kier molecular flexibility index (Phi) is 253. The first kappa shape index (κ1) is 104. The molecule has 29 nitrogen and oxygen atoms in total. The van der Waals surface area contributed by atoms with Gasteiger partial charge < -0.3 is 148 Å². The van der Waals surface area contributed by atoms with Crippen LogP contribution in [-0.4, -0.2) is 214 Å². The SMILES string of the molecule is O.O.O.O.OB(O)O.OB(O)O.OB(O)O.OB(O)O.OB(O)O.OB(O)O.OB(O)O.[Mg+2].[Na+].[Na+].[O-2].[O-]B([O-])O. The van der Waals surface area contributed by atoms with E-state index in [1.54, 1.807) is 0 Å². The molecule has 0 aliphatic rings. The quantitative estimate of drug-likeness (QED) is 0.108. The molecule has 0 spiro atoms. The average molecular weight is 651 g/mol. The van der Waals surface area contributed by atoms with Crippen LogP contribution in [0, 0.1) is 0 Å². The minimum atomic E-state index is -2.67. The number of hydrogen-bond donors (Lipinski definition) is 22. The molecule has 0 saturated heterocycles. The molecule has 232 valence electrons. The molecular formula is H30B8MgNa2O29. The van der Waals surface area contributed by atoms with Gasteiger partial charge in [-0.2, -0.15) is 0 Å². The number of rotatable bonds is 0. The summed E-state index contributed by atoms with van der Waals surface area (Å²) in [6, 6.07) is 0. The largest absolute Gasteiger partial charge is 2.00 e. The second-order valence-corrected chi connectivity index (χ2v) is 2.73. The molecule has 0 heterocycles. The zero-order chi connectivity index (χ0) is 28.6. The van der Waals surface area contributed by atoms with Gasteiger partial charge in [0.05, 0.1) is 7.32 Å². The van der Waals surface area contributed by atoms with Gasteiger partial charge in [-0.05, 0) is 0 Å². The molecule has 0 bridgehead atoms. The third-order valence-corrected chi connectivity index (χ3v) is 0. The summed E-state index contributed by atoms with van der Waals surface area (Å²) in [4.78, 5) is 0. The van der Waals surface area contributed by atoms with Crippen LogP contribution in [0.25, 0.3) is 0 Å². The van der Waals surface area contributed by atoms with Gasteiger partial charge in [0.1, 0.15) is 0 Å². The van der Waals surface area contributed by atoms with Crippen LogP contribution in [0.3, 0.4) is 0 Å². The second kappa shape index (κ2) is 97.0. The van der Waals surface area contributed by atoms with Gasteiger partial charge in [0.25, 0.3) is 0 Å². The van der Waals surface area contributed by atoms with Crippen LogP contribution in [0.2, 0.25) is 0 Å². The first-order valence-electron chi connectivity index (χ1n) is 6.15. The smallest absolute Gasteiger partial charge is 2.00 e. The fourth-order valence-corrected chi connectivity index (χ4v) is 0. The van der Waals surface area contributed by atoms with E-state index in [0.29, 0.717) is 0 Å². The molecule has 0 unspecified atom stereocenters. The average Bonchev–Trinajstić information content (AvgIpc) is 2.30. The van der Waals surface area contributed by atoms with E-state index in [9.17, 15) is 0 Å². The first-order chi connectivity index (χ1) is 13.9.